The molecule has 0 saturated heterocycles. The van der Waals surface area contributed by atoms with Crippen LogP contribution in [0.2, 0.25) is 0 Å². The lowest BCUT2D eigenvalue weighted by molar-refractivity contribution is -0.143. The minimum Gasteiger partial charge on any atom is -0.311 e. The van der Waals surface area contributed by atoms with Crippen molar-refractivity contribution < 1.29 is 9.59 Å². The molecule has 1 heterocycles. The number of hydrogen-bond donors (Lipinski definition) is 0. The molecule has 1 aromatic carbocycles. The number of ketones is 1. The standard InChI is InChI=1S/C19H23NO2/c1-18(2)14-9-10-19(18,16(21)12-14)17(22)20-11-5-7-13-6-3-4-8-15(13)20/h3-4,6,8,14H,5,7,9-12H2,1-2H3. The maximum absolute atomic E-state index is 13.5. The third-order valence-corrected chi connectivity index (χ3v) is 6.62. The molecule has 3 aliphatic rings. The Kier molecular flexibility index (Phi) is 2.82. The number of rotatable bonds is 1. The molecule has 3 nitrogen and oxygen atoms in total. The van der Waals surface area contributed by atoms with Gasteiger partial charge in [-0.25, -0.2) is 0 Å². The molecule has 2 saturated carbocycles. The van der Waals surface area contributed by atoms with Gasteiger partial charge >= 0.3 is 0 Å². The van der Waals surface area contributed by atoms with Gasteiger partial charge in [-0.15, -0.1) is 0 Å². The molecular weight excluding hydrogens is 274 g/mol. The maximum Gasteiger partial charge on any atom is 0.241 e. The highest BCUT2D eigenvalue weighted by molar-refractivity contribution is 6.15. The number of carbonyl (C=O) groups excluding carboxylic acids is 2. The van der Waals surface area contributed by atoms with Gasteiger partial charge in [0.15, 0.2) is 0 Å². The van der Waals surface area contributed by atoms with Gasteiger partial charge in [0.1, 0.15) is 11.2 Å². The normalized spacial score (nSPS) is 32.2. The smallest absolute Gasteiger partial charge is 0.241 e. The summed E-state index contributed by atoms with van der Waals surface area (Å²) in [4.78, 5) is 28.1. The van der Waals surface area contributed by atoms with Crippen molar-refractivity contribution in [3.8, 4) is 0 Å². The van der Waals surface area contributed by atoms with Crippen molar-refractivity contribution in [2.24, 2.45) is 16.7 Å². The van der Waals surface area contributed by atoms with Crippen LogP contribution in [0.4, 0.5) is 5.69 Å². The van der Waals surface area contributed by atoms with Crippen molar-refractivity contribution in [2.45, 2.75) is 46.0 Å². The highest BCUT2D eigenvalue weighted by Gasteiger charge is 2.69. The lowest BCUT2D eigenvalue weighted by atomic mass is 9.67. The van der Waals surface area contributed by atoms with Crippen molar-refractivity contribution in [1.82, 2.24) is 0 Å². The average Bonchev–Trinajstić information content (AvgIpc) is 2.89. The Balaban J connectivity index is 1.79. The number of aryl methyl sites for hydroxylation is 1. The summed E-state index contributed by atoms with van der Waals surface area (Å²) in [5, 5.41) is 0. The zero-order valence-corrected chi connectivity index (χ0v) is 13.4. The number of nitrogens with zero attached hydrogens (tertiary/aromatic N) is 1. The SMILES string of the molecule is CC1(C)C2CCC1(C(=O)N1CCCc3ccccc31)C(=O)C2. The van der Waals surface area contributed by atoms with E-state index < -0.39 is 5.41 Å². The minimum atomic E-state index is -0.776. The first kappa shape index (κ1) is 14.0. The Morgan fingerprint density at radius 3 is 2.73 bits per heavy atom. The predicted octanol–water partition coefficient (Wildman–Crippen LogP) is 3.36. The van der Waals surface area contributed by atoms with E-state index in [1.807, 2.05) is 23.1 Å². The Hall–Kier alpha value is -1.64. The van der Waals surface area contributed by atoms with Crippen LogP contribution >= 0.6 is 0 Å². The Morgan fingerprint density at radius 2 is 2.05 bits per heavy atom. The number of benzene rings is 1. The maximum atomic E-state index is 13.5. The van der Waals surface area contributed by atoms with E-state index in [0.29, 0.717) is 12.3 Å². The minimum absolute atomic E-state index is 0.0645. The molecule has 1 aliphatic heterocycles. The molecular formula is C19H23NO2. The first-order valence-corrected chi connectivity index (χ1v) is 8.41. The summed E-state index contributed by atoms with van der Waals surface area (Å²) in [5.74, 6) is 0.625. The van der Waals surface area contributed by atoms with Crippen LogP contribution in [-0.2, 0) is 16.0 Å². The van der Waals surface area contributed by atoms with Gasteiger partial charge < -0.3 is 4.90 Å². The molecule has 0 N–H and O–H groups in total. The molecule has 2 atom stereocenters. The van der Waals surface area contributed by atoms with Crippen molar-refractivity contribution in [3.05, 3.63) is 29.8 Å². The highest BCUT2D eigenvalue weighted by Crippen LogP contribution is 2.64. The van der Waals surface area contributed by atoms with Gasteiger partial charge in [-0.2, -0.15) is 0 Å². The molecule has 3 heteroatoms. The second-order valence-electron chi connectivity index (χ2n) is 7.68. The van der Waals surface area contributed by atoms with Gasteiger partial charge in [0.2, 0.25) is 5.91 Å². The van der Waals surface area contributed by atoms with Crippen LogP contribution in [0, 0.1) is 16.7 Å². The Morgan fingerprint density at radius 1 is 1.27 bits per heavy atom. The van der Waals surface area contributed by atoms with Gasteiger partial charge in [0.25, 0.3) is 0 Å². The fraction of sp³-hybridized carbons (Fsp3) is 0.579. The molecule has 22 heavy (non-hydrogen) atoms. The van der Waals surface area contributed by atoms with Gasteiger partial charge in [0, 0.05) is 18.7 Å². The molecule has 2 aliphatic carbocycles. The average molecular weight is 297 g/mol. The lowest BCUT2D eigenvalue weighted by Gasteiger charge is -2.41. The molecule has 0 aromatic heterocycles. The summed E-state index contributed by atoms with van der Waals surface area (Å²) in [6.07, 6.45) is 4.35. The fourth-order valence-corrected chi connectivity index (χ4v) is 5.15. The van der Waals surface area contributed by atoms with Crippen LogP contribution in [0.15, 0.2) is 24.3 Å². The number of anilines is 1. The third kappa shape index (κ3) is 1.52. The Labute approximate surface area is 131 Å². The molecule has 2 fully saturated rings. The van der Waals surface area contributed by atoms with E-state index in [9.17, 15) is 9.59 Å². The molecule has 2 bridgehead atoms. The van der Waals surface area contributed by atoms with Gasteiger partial charge in [-0.1, -0.05) is 32.0 Å². The van der Waals surface area contributed by atoms with Gasteiger partial charge in [-0.05, 0) is 48.6 Å². The largest absolute Gasteiger partial charge is 0.311 e. The quantitative estimate of drug-likeness (QED) is 0.745. The zero-order chi connectivity index (χ0) is 15.5. The van der Waals surface area contributed by atoms with Crippen LogP contribution in [0.25, 0.3) is 0 Å². The van der Waals surface area contributed by atoms with Crippen LogP contribution < -0.4 is 4.90 Å². The predicted molar refractivity (Wildman–Crippen MR) is 85.7 cm³/mol. The van der Waals surface area contributed by atoms with Crippen molar-refractivity contribution in [1.29, 1.82) is 0 Å². The van der Waals surface area contributed by atoms with Crippen LogP contribution in [0.5, 0.6) is 0 Å². The first-order chi connectivity index (χ1) is 10.5. The summed E-state index contributed by atoms with van der Waals surface area (Å²) in [5.41, 5.74) is 1.28. The fourth-order valence-electron chi connectivity index (χ4n) is 5.15. The first-order valence-electron chi connectivity index (χ1n) is 8.41. The topological polar surface area (TPSA) is 37.4 Å². The van der Waals surface area contributed by atoms with Crippen LogP contribution in [0.3, 0.4) is 0 Å². The van der Waals surface area contributed by atoms with Gasteiger partial charge in [0.05, 0.1) is 0 Å². The van der Waals surface area contributed by atoms with E-state index >= 15 is 0 Å². The molecule has 1 amide bonds. The molecule has 4 rings (SSSR count). The van der Waals surface area contributed by atoms with E-state index in [4.69, 9.17) is 0 Å². The molecule has 116 valence electrons. The van der Waals surface area contributed by atoms with Gasteiger partial charge in [-0.3, -0.25) is 9.59 Å². The number of Topliss-reactive ketones (excluding diaryl/α,β-unsaturated/α-hetero) is 1. The monoisotopic (exact) mass is 297 g/mol. The molecule has 0 radical (unpaired) electrons. The van der Waals surface area contributed by atoms with E-state index in [0.717, 1.165) is 37.9 Å². The van der Waals surface area contributed by atoms with Crippen molar-refractivity contribution >= 4 is 17.4 Å². The van der Waals surface area contributed by atoms with E-state index in [-0.39, 0.29) is 17.1 Å². The highest BCUT2D eigenvalue weighted by atomic mass is 16.2. The van der Waals surface area contributed by atoms with Crippen LogP contribution in [0.1, 0.15) is 45.1 Å². The van der Waals surface area contributed by atoms with Crippen LogP contribution in [-0.4, -0.2) is 18.2 Å². The van der Waals surface area contributed by atoms with E-state index in [1.54, 1.807) is 0 Å². The summed E-state index contributed by atoms with van der Waals surface area (Å²) in [7, 11) is 0. The van der Waals surface area contributed by atoms with E-state index in [1.165, 1.54) is 5.56 Å². The number of hydrogen-bond acceptors (Lipinski definition) is 2. The molecule has 2 unspecified atom stereocenters. The lowest BCUT2D eigenvalue weighted by Crippen LogP contribution is -2.52. The summed E-state index contributed by atoms with van der Waals surface area (Å²) >= 11 is 0. The zero-order valence-electron chi connectivity index (χ0n) is 13.4. The molecule has 0 spiro atoms. The van der Waals surface area contributed by atoms with E-state index in [2.05, 4.69) is 19.9 Å². The number of carbonyl (C=O) groups is 2. The third-order valence-electron chi connectivity index (χ3n) is 6.62. The molecule has 1 aromatic rings. The number of para-hydroxylation sites is 1. The number of fused-ring (bicyclic) bond motifs is 3. The second-order valence-corrected chi connectivity index (χ2v) is 7.68. The van der Waals surface area contributed by atoms with Crippen molar-refractivity contribution in [2.75, 3.05) is 11.4 Å². The summed E-state index contributed by atoms with van der Waals surface area (Å²) in [6, 6.07) is 8.15. The Bertz CT molecular complexity index is 663. The second kappa shape index (κ2) is 4.43. The summed E-state index contributed by atoms with van der Waals surface area (Å²) in [6.45, 7) is 5.00. The number of amides is 1. The summed E-state index contributed by atoms with van der Waals surface area (Å²) < 4.78 is 0. The van der Waals surface area contributed by atoms with Crippen molar-refractivity contribution in [3.63, 3.8) is 0 Å².